The number of carbonyl (C=O) groups excluding carboxylic acids is 1. The molecule has 3 aromatic carbocycles. The molecule has 0 unspecified atom stereocenters. The zero-order chi connectivity index (χ0) is 28.0. The molecule has 0 radical (unpaired) electrons. The topological polar surface area (TPSA) is 122 Å². The first-order chi connectivity index (χ1) is 18.5. The van der Waals surface area contributed by atoms with Gasteiger partial charge in [-0.1, -0.05) is 30.3 Å². The van der Waals surface area contributed by atoms with Crippen LogP contribution in [0.4, 0.5) is 4.39 Å². The van der Waals surface area contributed by atoms with E-state index >= 15 is 4.39 Å². The molecule has 3 aromatic rings. The molecule has 0 saturated heterocycles. The molecule has 2 aliphatic rings. The molecular formula is C29H36FNO7S. The summed E-state index contributed by atoms with van der Waals surface area (Å²) in [5.74, 6) is 0.619. The van der Waals surface area contributed by atoms with Crippen LogP contribution in [0.3, 0.4) is 0 Å². The zero-order valence-electron chi connectivity index (χ0n) is 21.7. The van der Waals surface area contributed by atoms with Gasteiger partial charge < -0.3 is 19.7 Å². The number of ketones is 1. The summed E-state index contributed by atoms with van der Waals surface area (Å²) in [5, 5.41) is 18.8. The third-order valence-corrected chi connectivity index (χ3v) is 9.13. The number of aryl methyl sites for hydroxylation is 1. The monoisotopic (exact) mass is 561 g/mol. The second kappa shape index (κ2) is 10.0. The maximum atomic E-state index is 15.3. The molecule has 5 rings (SSSR count). The van der Waals surface area contributed by atoms with Gasteiger partial charge in [-0.2, -0.15) is 0 Å². The fraction of sp³-hybridized carbons (Fsp3) is 0.345. The first kappa shape index (κ1) is 27.3. The minimum Gasteiger partial charge on any atom is -0.454 e. The van der Waals surface area contributed by atoms with Gasteiger partial charge in [0.2, 0.25) is 16.8 Å². The van der Waals surface area contributed by atoms with E-state index in [1.165, 1.54) is 19.1 Å². The van der Waals surface area contributed by atoms with Crippen molar-refractivity contribution in [3.63, 3.8) is 0 Å². The van der Waals surface area contributed by atoms with Gasteiger partial charge in [-0.15, -0.1) is 0 Å². The highest BCUT2D eigenvalue weighted by atomic mass is 32.2. The predicted octanol–water partition coefficient (Wildman–Crippen LogP) is 4.13. The number of hydrogen-bond donors (Lipinski definition) is 3. The number of hydrogen-bond acceptors (Lipinski definition) is 7. The molecule has 1 saturated carbocycles. The number of nitrogens with one attached hydrogen (secondary N) is 1. The Morgan fingerprint density at radius 2 is 1.74 bits per heavy atom. The van der Waals surface area contributed by atoms with Crippen LogP contribution in [0, 0.1) is 12.7 Å². The van der Waals surface area contributed by atoms with Crippen LogP contribution in [0.25, 0.3) is 11.1 Å². The van der Waals surface area contributed by atoms with Crippen LogP contribution in [0.15, 0.2) is 59.5 Å². The first-order valence-electron chi connectivity index (χ1n) is 12.6. The molecule has 0 spiro atoms. The van der Waals surface area contributed by atoms with Crippen molar-refractivity contribution in [2.45, 2.75) is 49.0 Å². The average molecular weight is 562 g/mol. The third-order valence-electron chi connectivity index (χ3n) is 7.50. The van der Waals surface area contributed by atoms with Crippen LogP contribution >= 0.6 is 0 Å². The van der Waals surface area contributed by atoms with Gasteiger partial charge in [-0.05, 0) is 73.2 Å². The number of aliphatic hydroxyl groups excluding tert-OH is 2. The first-order valence-corrected chi connectivity index (χ1v) is 14.1. The number of carbonyl (C=O) groups is 1. The van der Waals surface area contributed by atoms with Gasteiger partial charge in [0.25, 0.3) is 0 Å². The van der Waals surface area contributed by atoms with Crippen molar-refractivity contribution in [1.82, 2.24) is 4.72 Å². The van der Waals surface area contributed by atoms with Gasteiger partial charge in [-0.3, -0.25) is 4.79 Å². The average Bonchev–Trinajstić information content (AvgIpc) is 3.60. The molecule has 8 nitrogen and oxygen atoms in total. The van der Waals surface area contributed by atoms with Gasteiger partial charge in [0.05, 0.1) is 29.1 Å². The van der Waals surface area contributed by atoms with Crippen molar-refractivity contribution in [2.24, 2.45) is 0 Å². The highest BCUT2D eigenvalue weighted by Crippen LogP contribution is 2.51. The maximum Gasteiger partial charge on any atom is 0.241 e. The van der Waals surface area contributed by atoms with Crippen molar-refractivity contribution in [3.05, 3.63) is 77.1 Å². The molecule has 39 heavy (non-hydrogen) atoms. The predicted molar refractivity (Wildman–Crippen MR) is 148 cm³/mol. The van der Waals surface area contributed by atoms with E-state index in [1.54, 1.807) is 6.07 Å². The molecule has 0 atom stereocenters. The summed E-state index contributed by atoms with van der Waals surface area (Å²) in [5.41, 5.74) is 1.08. The molecule has 0 bridgehead atoms. The third kappa shape index (κ3) is 5.17. The lowest BCUT2D eigenvalue weighted by atomic mass is 9.87. The Labute approximate surface area is 230 Å². The number of fused-ring (bicyclic) bond motifs is 1. The van der Waals surface area contributed by atoms with Crippen LogP contribution in [-0.4, -0.2) is 50.0 Å². The largest absolute Gasteiger partial charge is 0.454 e. The molecule has 3 N–H and O–H groups in total. The van der Waals surface area contributed by atoms with Crippen molar-refractivity contribution in [3.8, 4) is 22.6 Å². The Morgan fingerprint density at radius 3 is 2.41 bits per heavy atom. The minimum atomic E-state index is -4.21. The van der Waals surface area contributed by atoms with Crippen LogP contribution in [0.5, 0.6) is 11.5 Å². The van der Waals surface area contributed by atoms with Gasteiger partial charge in [0, 0.05) is 16.3 Å². The zero-order valence-corrected chi connectivity index (χ0v) is 22.5. The van der Waals surface area contributed by atoms with Crippen LogP contribution in [0.1, 0.15) is 40.7 Å². The van der Waals surface area contributed by atoms with E-state index in [9.17, 15) is 23.4 Å². The highest BCUT2D eigenvalue weighted by Gasteiger charge is 2.50. The maximum absolute atomic E-state index is 15.3. The lowest BCUT2D eigenvalue weighted by molar-refractivity contribution is -0.120. The van der Waals surface area contributed by atoms with E-state index in [0.29, 0.717) is 17.1 Å². The highest BCUT2D eigenvalue weighted by molar-refractivity contribution is 7.89. The number of halogens is 1. The lowest BCUT2D eigenvalue weighted by Gasteiger charge is -2.25. The SMILES string of the molecule is Cc1ccc(CC(=O)C2(c3ccc4c(c3)OCO4)CC2)cc1-c1ccc(S(=O)(=O)NC(C)(CO)CO)cc1F.[HH].[HH].[HH]. The van der Waals surface area contributed by atoms with E-state index in [4.69, 9.17) is 9.47 Å². The Balaban J connectivity index is 0.00000205. The number of rotatable bonds is 10. The smallest absolute Gasteiger partial charge is 0.241 e. The summed E-state index contributed by atoms with van der Waals surface area (Å²) in [6.45, 7) is 2.05. The van der Waals surface area contributed by atoms with E-state index in [-0.39, 0.29) is 33.7 Å². The minimum absolute atomic E-state index is 0. The number of ether oxygens (including phenoxy) is 2. The van der Waals surface area contributed by atoms with Crippen molar-refractivity contribution in [2.75, 3.05) is 20.0 Å². The second-order valence-corrected chi connectivity index (χ2v) is 12.2. The van der Waals surface area contributed by atoms with E-state index < -0.39 is 40.0 Å². The Hall–Kier alpha value is -3.31. The molecule has 0 amide bonds. The van der Waals surface area contributed by atoms with Crippen molar-refractivity contribution < 1.29 is 41.6 Å². The summed E-state index contributed by atoms with van der Waals surface area (Å²) >= 11 is 0. The van der Waals surface area contributed by atoms with Gasteiger partial charge >= 0.3 is 0 Å². The molecule has 1 fully saturated rings. The number of Topliss-reactive ketones (excluding diaryl/α,β-unsaturated/α-hetero) is 1. The van der Waals surface area contributed by atoms with Crippen molar-refractivity contribution in [1.29, 1.82) is 0 Å². The van der Waals surface area contributed by atoms with Crippen molar-refractivity contribution >= 4 is 15.8 Å². The fourth-order valence-corrected chi connectivity index (χ4v) is 6.25. The summed E-state index contributed by atoms with van der Waals surface area (Å²) in [7, 11) is -4.21. The van der Waals surface area contributed by atoms with Crippen LogP contribution in [0.2, 0.25) is 0 Å². The molecular weight excluding hydrogens is 525 g/mol. The molecule has 0 aromatic heterocycles. The molecule has 1 aliphatic carbocycles. The van der Waals surface area contributed by atoms with Crippen LogP contribution in [-0.2, 0) is 26.7 Å². The number of sulfonamides is 1. The molecule has 10 heteroatoms. The van der Waals surface area contributed by atoms with E-state index in [2.05, 4.69) is 4.72 Å². The Kier molecular flexibility index (Phi) is 7.00. The molecule has 1 heterocycles. The summed E-state index contributed by atoms with van der Waals surface area (Å²) in [6.07, 6.45) is 1.66. The molecule has 212 valence electrons. The summed E-state index contributed by atoms with van der Waals surface area (Å²) in [4.78, 5) is 13.1. The Morgan fingerprint density at radius 1 is 1.03 bits per heavy atom. The summed E-state index contributed by atoms with van der Waals surface area (Å²) in [6, 6.07) is 14.6. The second-order valence-electron chi connectivity index (χ2n) is 10.5. The van der Waals surface area contributed by atoms with Gasteiger partial charge in [-0.25, -0.2) is 17.5 Å². The van der Waals surface area contributed by atoms with E-state index in [1.807, 2.05) is 37.3 Å². The van der Waals surface area contributed by atoms with Gasteiger partial charge in [0.1, 0.15) is 11.6 Å². The summed E-state index contributed by atoms with van der Waals surface area (Å²) < 4.78 is 53.8. The standard InChI is InChI=1S/C29H30FNO7S.3H2/c1-18-3-4-19(12-27(34)29(9-10-29)20-5-8-25-26(13-20)38-17-37-25)11-23(18)22-7-6-21(14-24(22)30)39(35,36)31-28(2,15-32)16-33;;;/h3-8,11,13-14,31-33H,9-10,12,15-17H2,1-2H3;3*1H. The van der Waals surface area contributed by atoms with Crippen LogP contribution < -0.4 is 14.2 Å². The lowest BCUT2D eigenvalue weighted by Crippen LogP contribution is -2.51. The van der Waals surface area contributed by atoms with Gasteiger partial charge in [0.15, 0.2) is 11.5 Å². The fourth-order valence-electron chi connectivity index (χ4n) is 4.85. The Bertz CT molecular complexity index is 1560. The molecule has 1 aliphatic heterocycles. The number of benzene rings is 3. The normalized spacial score (nSPS) is 15.8. The number of aliphatic hydroxyl groups is 2. The van der Waals surface area contributed by atoms with E-state index in [0.717, 1.165) is 35.6 Å². The quantitative estimate of drug-likeness (QED) is 0.340.